The first kappa shape index (κ1) is 15.9. The van der Waals surface area contributed by atoms with Gasteiger partial charge in [0.2, 0.25) is 0 Å². The van der Waals surface area contributed by atoms with E-state index in [1.165, 1.54) is 12.3 Å². The van der Waals surface area contributed by atoms with Crippen molar-refractivity contribution in [1.82, 2.24) is 9.88 Å². The van der Waals surface area contributed by atoms with Gasteiger partial charge < -0.3 is 20.1 Å². The Labute approximate surface area is 117 Å². The van der Waals surface area contributed by atoms with E-state index in [1.54, 1.807) is 18.1 Å². The number of anilines is 1. The van der Waals surface area contributed by atoms with Crippen molar-refractivity contribution in [3.05, 3.63) is 24.0 Å². The molecule has 1 rings (SSSR count). The molecular weight excluding hydrogens is 262 g/mol. The minimum atomic E-state index is -1.19. The molecule has 2 N–H and O–H groups in total. The van der Waals surface area contributed by atoms with Crippen LogP contribution in [0.2, 0.25) is 0 Å². The van der Waals surface area contributed by atoms with Gasteiger partial charge in [-0.3, -0.25) is 0 Å². The average Bonchev–Trinajstić information content (AvgIpc) is 2.40. The molecule has 0 saturated heterocycles. The van der Waals surface area contributed by atoms with Gasteiger partial charge in [-0.05, 0) is 26.0 Å². The van der Waals surface area contributed by atoms with E-state index in [2.05, 4.69) is 10.3 Å². The van der Waals surface area contributed by atoms with Gasteiger partial charge in [-0.15, -0.1) is 0 Å². The number of nitrogens with one attached hydrogen (secondary N) is 1. The Bertz CT molecular complexity index is 478. The van der Waals surface area contributed by atoms with Gasteiger partial charge in [0.05, 0.1) is 18.3 Å². The molecule has 20 heavy (non-hydrogen) atoms. The molecule has 110 valence electrons. The highest BCUT2D eigenvalue weighted by atomic mass is 16.5. The minimum Gasteiger partial charge on any atom is -0.476 e. The van der Waals surface area contributed by atoms with Crippen molar-refractivity contribution in [2.45, 2.75) is 19.9 Å². The number of carbonyl (C=O) groups is 2. The van der Waals surface area contributed by atoms with Crippen molar-refractivity contribution in [2.24, 2.45) is 0 Å². The number of rotatable bonds is 6. The predicted octanol–water partition coefficient (Wildman–Crippen LogP) is 1.67. The third-order valence-electron chi connectivity index (χ3n) is 2.79. The van der Waals surface area contributed by atoms with E-state index in [-0.39, 0.29) is 23.5 Å². The number of amides is 2. The fourth-order valence-electron chi connectivity index (χ4n) is 1.85. The number of urea groups is 1. The summed E-state index contributed by atoms with van der Waals surface area (Å²) in [6, 6.07) is 2.57. The number of carbonyl (C=O) groups excluding carboxylic acids is 1. The summed E-state index contributed by atoms with van der Waals surface area (Å²) < 4.78 is 5.02. The number of aromatic carboxylic acids is 1. The molecule has 0 fully saturated rings. The smallest absolute Gasteiger partial charge is 0.356 e. The Morgan fingerprint density at radius 3 is 2.80 bits per heavy atom. The van der Waals surface area contributed by atoms with Crippen LogP contribution >= 0.6 is 0 Å². The second kappa shape index (κ2) is 7.44. The van der Waals surface area contributed by atoms with Crippen LogP contribution in [0, 0.1) is 0 Å². The molecule has 0 radical (unpaired) electrons. The molecule has 0 aliphatic heterocycles. The number of likely N-dealkylation sites (N-methyl/N-ethyl adjacent to an activating group) is 1. The van der Waals surface area contributed by atoms with E-state index >= 15 is 0 Å². The van der Waals surface area contributed by atoms with Gasteiger partial charge in [-0.2, -0.15) is 0 Å². The van der Waals surface area contributed by atoms with Crippen molar-refractivity contribution in [3.63, 3.8) is 0 Å². The van der Waals surface area contributed by atoms with Gasteiger partial charge in [0.1, 0.15) is 0 Å². The van der Waals surface area contributed by atoms with E-state index in [0.29, 0.717) is 13.2 Å². The molecule has 0 aliphatic rings. The third kappa shape index (κ3) is 3.92. The molecular formula is C13H19N3O4. The second-order valence-corrected chi connectivity index (χ2v) is 4.23. The molecule has 0 bridgehead atoms. The standard InChI is InChI=1S/C13H19N3O4/c1-4-16(9(2)8-20-3)13(19)15-10-6-5-7-14-11(10)12(17)18/h5-7,9H,4,8H2,1-3H3,(H,15,19)(H,17,18). The molecule has 0 aliphatic carbocycles. The summed E-state index contributed by atoms with van der Waals surface area (Å²) in [5.41, 5.74) is -0.00985. The summed E-state index contributed by atoms with van der Waals surface area (Å²) in [6.45, 7) is 4.58. The van der Waals surface area contributed by atoms with Crippen molar-refractivity contribution in [3.8, 4) is 0 Å². The first-order chi connectivity index (χ1) is 9.51. The van der Waals surface area contributed by atoms with Crippen molar-refractivity contribution >= 4 is 17.7 Å². The zero-order valence-electron chi connectivity index (χ0n) is 11.8. The van der Waals surface area contributed by atoms with Gasteiger partial charge in [-0.25, -0.2) is 14.6 Å². The molecule has 0 spiro atoms. The molecule has 1 aromatic heterocycles. The third-order valence-corrected chi connectivity index (χ3v) is 2.79. The lowest BCUT2D eigenvalue weighted by Gasteiger charge is -2.27. The summed E-state index contributed by atoms with van der Waals surface area (Å²) in [7, 11) is 1.56. The van der Waals surface area contributed by atoms with Gasteiger partial charge in [0, 0.05) is 19.9 Å². The molecule has 2 amide bonds. The van der Waals surface area contributed by atoms with Gasteiger partial charge in [0.15, 0.2) is 5.69 Å². The maximum absolute atomic E-state index is 12.2. The molecule has 0 saturated carbocycles. The summed E-state index contributed by atoms with van der Waals surface area (Å²) in [6.07, 6.45) is 1.37. The number of aromatic nitrogens is 1. The maximum Gasteiger partial charge on any atom is 0.356 e. The Kier molecular flexibility index (Phi) is 5.92. The Hall–Kier alpha value is -2.15. The Morgan fingerprint density at radius 2 is 2.25 bits per heavy atom. The quantitative estimate of drug-likeness (QED) is 0.827. The van der Waals surface area contributed by atoms with Crippen LogP contribution in [0.1, 0.15) is 24.3 Å². The number of hydrogen-bond donors (Lipinski definition) is 2. The van der Waals surface area contributed by atoms with Crippen LogP contribution in [-0.2, 0) is 4.74 Å². The highest BCUT2D eigenvalue weighted by molar-refractivity contribution is 5.98. The fourth-order valence-corrected chi connectivity index (χ4v) is 1.85. The van der Waals surface area contributed by atoms with Crippen LogP contribution < -0.4 is 5.32 Å². The largest absolute Gasteiger partial charge is 0.476 e. The normalized spacial score (nSPS) is 11.8. The van der Waals surface area contributed by atoms with Gasteiger partial charge in [0.25, 0.3) is 0 Å². The Balaban J connectivity index is 2.86. The monoisotopic (exact) mass is 281 g/mol. The number of nitrogens with zero attached hydrogens (tertiary/aromatic N) is 2. The molecule has 0 aromatic carbocycles. The zero-order valence-corrected chi connectivity index (χ0v) is 11.8. The van der Waals surface area contributed by atoms with E-state index in [0.717, 1.165) is 0 Å². The average molecular weight is 281 g/mol. The van der Waals surface area contributed by atoms with Crippen LogP contribution in [0.3, 0.4) is 0 Å². The second-order valence-electron chi connectivity index (χ2n) is 4.23. The molecule has 7 heteroatoms. The Morgan fingerprint density at radius 1 is 1.55 bits per heavy atom. The van der Waals surface area contributed by atoms with Gasteiger partial charge in [-0.1, -0.05) is 0 Å². The van der Waals surface area contributed by atoms with E-state index in [9.17, 15) is 9.59 Å². The predicted molar refractivity (Wildman–Crippen MR) is 73.9 cm³/mol. The lowest BCUT2D eigenvalue weighted by molar-refractivity contribution is 0.0691. The number of methoxy groups -OCH3 is 1. The topological polar surface area (TPSA) is 91.8 Å². The summed E-state index contributed by atoms with van der Waals surface area (Å²) >= 11 is 0. The molecule has 1 aromatic rings. The molecule has 1 unspecified atom stereocenters. The number of carboxylic acids is 1. The highest BCUT2D eigenvalue weighted by Gasteiger charge is 2.20. The fraction of sp³-hybridized carbons (Fsp3) is 0.462. The summed E-state index contributed by atoms with van der Waals surface area (Å²) in [4.78, 5) is 28.5. The first-order valence-electron chi connectivity index (χ1n) is 6.26. The highest BCUT2D eigenvalue weighted by Crippen LogP contribution is 2.13. The lowest BCUT2D eigenvalue weighted by atomic mass is 10.3. The zero-order chi connectivity index (χ0) is 15.1. The van der Waals surface area contributed by atoms with Crippen molar-refractivity contribution in [2.75, 3.05) is 25.6 Å². The summed E-state index contributed by atoms with van der Waals surface area (Å²) in [5.74, 6) is -1.19. The lowest BCUT2D eigenvalue weighted by Crippen LogP contribution is -2.43. The van der Waals surface area contributed by atoms with E-state index in [4.69, 9.17) is 9.84 Å². The SMILES string of the molecule is CCN(C(=O)Nc1cccnc1C(=O)O)C(C)COC. The maximum atomic E-state index is 12.2. The van der Waals surface area contributed by atoms with Crippen LogP contribution in [0.15, 0.2) is 18.3 Å². The van der Waals surface area contributed by atoms with Crippen LogP contribution in [0.25, 0.3) is 0 Å². The van der Waals surface area contributed by atoms with E-state index in [1.807, 2.05) is 13.8 Å². The van der Waals surface area contributed by atoms with Crippen LogP contribution in [0.5, 0.6) is 0 Å². The van der Waals surface area contributed by atoms with E-state index < -0.39 is 5.97 Å². The molecule has 7 nitrogen and oxygen atoms in total. The number of pyridine rings is 1. The van der Waals surface area contributed by atoms with Crippen LogP contribution in [-0.4, -0.2) is 53.3 Å². The summed E-state index contributed by atoms with van der Waals surface area (Å²) in [5, 5.41) is 11.6. The number of carboxylic acid groups (broad SMARTS) is 1. The molecule has 1 atom stereocenters. The number of ether oxygens (including phenoxy) is 1. The number of hydrogen-bond acceptors (Lipinski definition) is 4. The van der Waals surface area contributed by atoms with Crippen molar-refractivity contribution < 1.29 is 19.4 Å². The van der Waals surface area contributed by atoms with Gasteiger partial charge >= 0.3 is 12.0 Å². The first-order valence-corrected chi connectivity index (χ1v) is 6.26. The van der Waals surface area contributed by atoms with Crippen molar-refractivity contribution in [1.29, 1.82) is 0 Å². The molecule has 1 heterocycles. The van der Waals surface area contributed by atoms with Crippen LogP contribution in [0.4, 0.5) is 10.5 Å². The minimum absolute atomic E-state index is 0.116.